The molecule has 8 heteroatoms. The van der Waals surface area contributed by atoms with E-state index in [0.29, 0.717) is 5.69 Å². The lowest BCUT2D eigenvalue weighted by Gasteiger charge is -2.14. The Hall–Kier alpha value is -1.90. The number of nitrogens with one attached hydrogen (secondary N) is 1. The maximum Gasteiger partial charge on any atom is 0.242 e. The molecule has 0 aliphatic rings. The molecular formula is C16H19N3O3S2. The van der Waals surface area contributed by atoms with E-state index in [1.807, 2.05) is 18.2 Å². The maximum absolute atomic E-state index is 12.3. The Kier molecular flexibility index (Phi) is 5.98. The molecule has 0 saturated carbocycles. The number of carbonyl (C=O) groups excluding carboxylic acids is 1. The van der Waals surface area contributed by atoms with Gasteiger partial charge in [-0.05, 0) is 37.3 Å². The van der Waals surface area contributed by atoms with Crippen LogP contribution in [0, 0.1) is 0 Å². The Morgan fingerprint density at radius 2 is 1.96 bits per heavy atom. The average Bonchev–Trinajstić information content (AvgIpc) is 2.55. The molecule has 0 bridgehead atoms. The van der Waals surface area contributed by atoms with Crippen LogP contribution in [0.25, 0.3) is 0 Å². The number of anilines is 1. The van der Waals surface area contributed by atoms with E-state index in [1.54, 1.807) is 25.3 Å². The molecule has 0 fully saturated rings. The normalized spacial score (nSPS) is 12.8. The Morgan fingerprint density at radius 3 is 2.58 bits per heavy atom. The van der Waals surface area contributed by atoms with Crippen LogP contribution in [0.4, 0.5) is 5.69 Å². The lowest BCUT2D eigenvalue weighted by atomic mass is 10.3. The van der Waals surface area contributed by atoms with Gasteiger partial charge in [0.05, 0.1) is 15.2 Å². The van der Waals surface area contributed by atoms with Gasteiger partial charge in [0.25, 0.3) is 0 Å². The summed E-state index contributed by atoms with van der Waals surface area (Å²) in [5, 5.41) is 3.13. The summed E-state index contributed by atoms with van der Waals surface area (Å²) in [6.07, 6.45) is 1.67. The summed E-state index contributed by atoms with van der Waals surface area (Å²) in [7, 11) is -0.608. The minimum atomic E-state index is -3.54. The first-order chi connectivity index (χ1) is 11.3. The minimum absolute atomic E-state index is 0.135. The lowest BCUT2D eigenvalue weighted by molar-refractivity contribution is -0.115. The second-order valence-corrected chi connectivity index (χ2v) is 8.75. The molecule has 0 radical (unpaired) electrons. The van der Waals surface area contributed by atoms with Gasteiger partial charge in [0, 0.05) is 26.0 Å². The van der Waals surface area contributed by atoms with Crippen LogP contribution in [0.1, 0.15) is 6.92 Å². The zero-order valence-electron chi connectivity index (χ0n) is 13.6. The number of thioether (sulfide) groups is 1. The molecule has 1 N–H and O–H groups in total. The Labute approximate surface area is 146 Å². The van der Waals surface area contributed by atoms with Crippen LogP contribution in [0.2, 0.25) is 0 Å². The number of hydrogen-bond acceptors (Lipinski definition) is 5. The summed E-state index contributed by atoms with van der Waals surface area (Å²) in [6.45, 7) is 1.77. The number of benzene rings is 1. The third-order valence-electron chi connectivity index (χ3n) is 3.18. The minimum Gasteiger partial charge on any atom is -0.325 e. The van der Waals surface area contributed by atoms with Crippen molar-refractivity contribution >= 4 is 33.4 Å². The molecule has 0 aliphatic heterocycles. The van der Waals surface area contributed by atoms with Crippen LogP contribution in [0.15, 0.2) is 58.6 Å². The van der Waals surface area contributed by atoms with Crippen molar-refractivity contribution in [3.05, 3.63) is 48.7 Å². The molecule has 0 spiro atoms. The van der Waals surface area contributed by atoms with Crippen LogP contribution >= 0.6 is 11.8 Å². The zero-order chi connectivity index (χ0) is 17.7. The quantitative estimate of drug-likeness (QED) is 0.796. The number of hydrogen-bond donors (Lipinski definition) is 1. The van der Waals surface area contributed by atoms with Gasteiger partial charge in [0.1, 0.15) is 0 Å². The van der Waals surface area contributed by atoms with Crippen LogP contribution in [-0.2, 0) is 14.8 Å². The first-order valence-corrected chi connectivity index (χ1v) is 9.54. The molecule has 2 rings (SSSR count). The van der Waals surface area contributed by atoms with E-state index in [2.05, 4.69) is 10.3 Å². The van der Waals surface area contributed by atoms with Crippen molar-refractivity contribution in [2.45, 2.75) is 22.1 Å². The highest BCUT2D eigenvalue weighted by molar-refractivity contribution is 8.00. The van der Waals surface area contributed by atoms with E-state index in [1.165, 1.54) is 38.0 Å². The maximum atomic E-state index is 12.3. The second kappa shape index (κ2) is 7.78. The monoisotopic (exact) mass is 365 g/mol. The summed E-state index contributed by atoms with van der Waals surface area (Å²) in [4.78, 5) is 16.6. The van der Waals surface area contributed by atoms with E-state index < -0.39 is 10.0 Å². The largest absolute Gasteiger partial charge is 0.325 e. The van der Waals surface area contributed by atoms with Gasteiger partial charge in [0.2, 0.25) is 15.9 Å². The molecular weight excluding hydrogens is 346 g/mol. The van der Waals surface area contributed by atoms with Gasteiger partial charge in [-0.3, -0.25) is 4.79 Å². The standard InChI is InChI=1S/C16H19N3O3S2/c1-12(23-15-9-4-5-10-17-15)16(20)18-13-7-6-8-14(11-13)24(21,22)19(2)3/h4-12H,1-3H3,(H,18,20)/t12-/m0/s1. The molecule has 0 unspecified atom stereocenters. The van der Waals surface area contributed by atoms with Crippen molar-refractivity contribution in [1.82, 2.24) is 9.29 Å². The number of sulfonamides is 1. The van der Waals surface area contributed by atoms with Crippen molar-refractivity contribution < 1.29 is 13.2 Å². The fraction of sp³-hybridized carbons (Fsp3) is 0.250. The van der Waals surface area contributed by atoms with E-state index in [9.17, 15) is 13.2 Å². The number of carbonyl (C=O) groups is 1. The molecule has 1 amide bonds. The van der Waals surface area contributed by atoms with Gasteiger partial charge in [-0.1, -0.05) is 23.9 Å². The highest BCUT2D eigenvalue weighted by atomic mass is 32.2. The number of rotatable bonds is 6. The third-order valence-corrected chi connectivity index (χ3v) is 6.05. The molecule has 128 valence electrons. The number of aromatic nitrogens is 1. The van der Waals surface area contributed by atoms with Crippen molar-refractivity contribution in [1.29, 1.82) is 0 Å². The molecule has 24 heavy (non-hydrogen) atoms. The highest BCUT2D eigenvalue weighted by Crippen LogP contribution is 2.23. The van der Waals surface area contributed by atoms with E-state index in [4.69, 9.17) is 0 Å². The zero-order valence-corrected chi connectivity index (χ0v) is 15.3. The second-order valence-electron chi connectivity index (χ2n) is 5.23. The van der Waals surface area contributed by atoms with Crippen LogP contribution in [0.5, 0.6) is 0 Å². The highest BCUT2D eigenvalue weighted by Gasteiger charge is 2.19. The lowest BCUT2D eigenvalue weighted by Crippen LogP contribution is -2.24. The Bertz CT molecular complexity index is 808. The van der Waals surface area contributed by atoms with Gasteiger partial charge in [-0.2, -0.15) is 0 Å². The molecule has 1 aromatic heterocycles. The first kappa shape index (κ1) is 18.4. The SMILES string of the molecule is C[C@H](Sc1ccccn1)C(=O)Nc1cccc(S(=O)(=O)N(C)C)c1. The summed E-state index contributed by atoms with van der Waals surface area (Å²) >= 11 is 1.34. The van der Waals surface area contributed by atoms with E-state index in [0.717, 1.165) is 9.33 Å². The third kappa shape index (κ3) is 4.56. The summed E-state index contributed by atoms with van der Waals surface area (Å²) in [5.74, 6) is -0.218. The molecule has 1 heterocycles. The topological polar surface area (TPSA) is 79.4 Å². The fourth-order valence-electron chi connectivity index (χ4n) is 1.84. The number of pyridine rings is 1. The van der Waals surface area contributed by atoms with Crippen molar-refractivity contribution in [2.75, 3.05) is 19.4 Å². The fourth-order valence-corrected chi connectivity index (χ4v) is 3.60. The van der Waals surface area contributed by atoms with E-state index >= 15 is 0 Å². The first-order valence-electron chi connectivity index (χ1n) is 7.22. The molecule has 0 aliphatic carbocycles. The van der Waals surface area contributed by atoms with Gasteiger partial charge >= 0.3 is 0 Å². The van der Waals surface area contributed by atoms with Gasteiger partial charge in [-0.25, -0.2) is 17.7 Å². The smallest absolute Gasteiger partial charge is 0.242 e. The summed E-state index contributed by atoms with van der Waals surface area (Å²) in [5.41, 5.74) is 0.441. The van der Waals surface area contributed by atoms with Gasteiger partial charge in [-0.15, -0.1) is 0 Å². The van der Waals surface area contributed by atoms with Crippen molar-refractivity contribution in [3.63, 3.8) is 0 Å². The van der Waals surface area contributed by atoms with Crippen molar-refractivity contribution in [2.24, 2.45) is 0 Å². The molecule has 0 saturated heterocycles. The van der Waals surface area contributed by atoms with Gasteiger partial charge in [0.15, 0.2) is 0 Å². The predicted molar refractivity (Wildman–Crippen MR) is 95.5 cm³/mol. The van der Waals surface area contributed by atoms with Crippen LogP contribution in [-0.4, -0.2) is 43.0 Å². The molecule has 1 aromatic carbocycles. The average molecular weight is 365 g/mol. The summed E-state index contributed by atoms with van der Waals surface area (Å²) in [6, 6.07) is 11.7. The molecule has 2 aromatic rings. The van der Waals surface area contributed by atoms with Gasteiger partial charge < -0.3 is 5.32 Å². The van der Waals surface area contributed by atoms with Crippen molar-refractivity contribution in [3.8, 4) is 0 Å². The number of nitrogens with zero attached hydrogens (tertiary/aromatic N) is 2. The van der Waals surface area contributed by atoms with Crippen LogP contribution < -0.4 is 5.32 Å². The van der Waals surface area contributed by atoms with Crippen LogP contribution in [0.3, 0.4) is 0 Å². The van der Waals surface area contributed by atoms with E-state index in [-0.39, 0.29) is 16.1 Å². The summed E-state index contributed by atoms with van der Waals surface area (Å²) < 4.78 is 25.4. The Balaban J connectivity index is 2.09. The molecule has 6 nitrogen and oxygen atoms in total. The molecule has 1 atom stereocenters. The Morgan fingerprint density at radius 1 is 1.21 bits per heavy atom. The predicted octanol–water partition coefficient (Wildman–Crippen LogP) is 2.45. The number of amides is 1.